The third kappa shape index (κ3) is 3.59. The molecule has 1 amide bonds. The minimum Gasteiger partial charge on any atom is -0.490 e. The third-order valence-corrected chi connectivity index (χ3v) is 2.65. The summed E-state index contributed by atoms with van der Waals surface area (Å²) in [7, 11) is 2.55. The zero-order valence-electron chi connectivity index (χ0n) is 11.8. The summed E-state index contributed by atoms with van der Waals surface area (Å²) in [6, 6.07) is 0.183. The average Bonchev–Trinajstić information content (AvgIpc) is 2.43. The van der Waals surface area contributed by atoms with Gasteiger partial charge in [-0.2, -0.15) is 0 Å². The van der Waals surface area contributed by atoms with Crippen LogP contribution in [0.1, 0.15) is 24.4 Å². The SMILES string of the molecule is COC(=O)[C@H](NC(=O)c1cc(=O)c(OC)co1)C(C)C. The van der Waals surface area contributed by atoms with Crippen LogP contribution in [0.4, 0.5) is 0 Å². The number of hydrogen-bond donors (Lipinski definition) is 1. The average molecular weight is 283 g/mol. The minimum atomic E-state index is -0.820. The van der Waals surface area contributed by atoms with E-state index in [-0.39, 0.29) is 17.4 Å². The summed E-state index contributed by atoms with van der Waals surface area (Å²) in [5.41, 5.74) is -0.483. The molecule has 1 rings (SSSR count). The fourth-order valence-corrected chi connectivity index (χ4v) is 1.50. The number of amides is 1. The zero-order valence-corrected chi connectivity index (χ0v) is 11.8. The van der Waals surface area contributed by atoms with E-state index in [0.717, 1.165) is 12.3 Å². The Morgan fingerprint density at radius 3 is 2.40 bits per heavy atom. The van der Waals surface area contributed by atoms with Crippen LogP contribution in [0.2, 0.25) is 0 Å². The molecule has 0 fully saturated rings. The van der Waals surface area contributed by atoms with Crippen molar-refractivity contribution in [2.24, 2.45) is 5.92 Å². The van der Waals surface area contributed by atoms with Gasteiger partial charge < -0.3 is 19.2 Å². The van der Waals surface area contributed by atoms with E-state index >= 15 is 0 Å². The maximum Gasteiger partial charge on any atom is 0.328 e. The van der Waals surface area contributed by atoms with Crippen molar-refractivity contribution in [1.29, 1.82) is 0 Å². The molecule has 0 radical (unpaired) electrons. The molecule has 0 spiro atoms. The summed E-state index contributed by atoms with van der Waals surface area (Å²) >= 11 is 0. The second-order valence-corrected chi connectivity index (χ2v) is 4.40. The first-order valence-corrected chi connectivity index (χ1v) is 5.96. The predicted octanol–water partition coefficient (Wildman–Crippen LogP) is 0.576. The first kappa shape index (κ1) is 15.7. The number of hydrogen-bond acceptors (Lipinski definition) is 6. The van der Waals surface area contributed by atoms with Crippen LogP contribution >= 0.6 is 0 Å². The second kappa shape index (κ2) is 6.74. The molecule has 7 heteroatoms. The molecule has 0 aliphatic heterocycles. The summed E-state index contributed by atoms with van der Waals surface area (Å²) in [6.45, 7) is 3.51. The van der Waals surface area contributed by atoms with Gasteiger partial charge in [-0.05, 0) is 5.92 Å². The van der Waals surface area contributed by atoms with Crippen LogP contribution in [0.5, 0.6) is 5.75 Å². The molecule has 1 aromatic rings. The molecule has 0 saturated heterocycles. The van der Waals surface area contributed by atoms with Gasteiger partial charge in [0.1, 0.15) is 12.3 Å². The van der Waals surface area contributed by atoms with E-state index in [1.54, 1.807) is 13.8 Å². The van der Waals surface area contributed by atoms with E-state index in [9.17, 15) is 14.4 Å². The van der Waals surface area contributed by atoms with Crippen molar-refractivity contribution in [2.75, 3.05) is 14.2 Å². The quantitative estimate of drug-likeness (QED) is 0.794. The maximum absolute atomic E-state index is 11.9. The van der Waals surface area contributed by atoms with E-state index < -0.39 is 23.3 Å². The molecule has 0 aliphatic rings. The Morgan fingerprint density at radius 2 is 1.95 bits per heavy atom. The first-order valence-electron chi connectivity index (χ1n) is 5.96. The van der Waals surface area contributed by atoms with Gasteiger partial charge in [-0.3, -0.25) is 9.59 Å². The fourth-order valence-electron chi connectivity index (χ4n) is 1.50. The molecule has 1 atom stereocenters. The lowest BCUT2D eigenvalue weighted by atomic mass is 10.0. The first-order chi connectivity index (χ1) is 9.40. The minimum absolute atomic E-state index is 0.00470. The molecule has 20 heavy (non-hydrogen) atoms. The Kier molecular flexibility index (Phi) is 5.31. The molecule has 1 N–H and O–H groups in total. The van der Waals surface area contributed by atoms with Crippen molar-refractivity contribution in [3.05, 3.63) is 28.3 Å². The number of carbonyl (C=O) groups excluding carboxylic acids is 2. The number of nitrogens with one attached hydrogen (secondary N) is 1. The normalized spacial score (nSPS) is 11.8. The maximum atomic E-state index is 11.9. The lowest BCUT2D eigenvalue weighted by Crippen LogP contribution is -2.45. The van der Waals surface area contributed by atoms with Gasteiger partial charge in [0.05, 0.1) is 14.2 Å². The van der Waals surface area contributed by atoms with Crippen molar-refractivity contribution in [2.45, 2.75) is 19.9 Å². The van der Waals surface area contributed by atoms with Gasteiger partial charge in [0.15, 0.2) is 5.76 Å². The molecule has 110 valence electrons. The Balaban J connectivity index is 2.92. The van der Waals surface area contributed by atoms with Crippen molar-refractivity contribution >= 4 is 11.9 Å². The summed E-state index contributed by atoms with van der Waals surface area (Å²) in [5.74, 6) is -1.62. The topological polar surface area (TPSA) is 94.8 Å². The summed E-state index contributed by atoms with van der Waals surface area (Å²) < 4.78 is 14.3. The molecule has 7 nitrogen and oxygen atoms in total. The van der Waals surface area contributed by atoms with Crippen molar-refractivity contribution in [1.82, 2.24) is 5.32 Å². The molecule has 0 bridgehead atoms. The molecule has 1 aromatic heterocycles. The smallest absolute Gasteiger partial charge is 0.328 e. The van der Waals surface area contributed by atoms with Crippen LogP contribution in [0.3, 0.4) is 0 Å². The number of methoxy groups -OCH3 is 2. The van der Waals surface area contributed by atoms with Gasteiger partial charge in [0, 0.05) is 6.07 Å². The third-order valence-electron chi connectivity index (χ3n) is 2.65. The zero-order chi connectivity index (χ0) is 15.3. The van der Waals surface area contributed by atoms with Crippen LogP contribution in [0.25, 0.3) is 0 Å². The monoisotopic (exact) mass is 283 g/mol. The molecular weight excluding hydrogens is 266 g/mol. The van der Waals surface area contributed by atoms with E-state index in [1.807, 2.05) is 0 Å². The standard InChI is InChI=1S/C13H17NO6/c1-7(2)11(13(17)19-4)14-12(16)9-5-8(15)10(18-3)6-20-9/h5-7,11H,1-4H3,(H,14,16)/t11-/m1/s1. The highest BCUT2D eigenvalue weighted by molar-refractivity contribution is 5.94. The summed E-state index contributed by atoms with van der Waals surface area (Å²) in [6.07, 6.45) is 1.04. The van der Waals surface area contributed by atoms with Gasteiger partial charge in [-0.25, -0.2) is 4.79 Å². The number of esters is 1. The van der Waals surface area contributed by atoms with Crippen LogP contribution in [0, 0.1) is 5.92 Å². The molecule has 0 aliphatic carbocycles. The Labute approximate surface area is 115 Å². The van der Waals surface area contributed by atoms with Gasteiger partial charge >= 0.3 is 5.97 Å². The Hall–Kier alpha value is -2.31. The number of rotatable bonds is 5. The Morgan fingerprint density at radius 1 is 1.30 bits per heavy atom. The molecule has 0 aromatic carbocycles. The van der Waals surface area contributed by atoms with E-state index in [1.165, 1.54) is 14.2 Å². The van der Waals surface area contributed by atoms with Gasteiger partial charge in [-0.1, -0.05) is 13.8 Å². The second-order valence-electron chi connectivity index (χ2n) is 4.40. The highest BCUT2D eigenvalue weighted by atomic mass is 16.5. The van der Waals surface area contributed by atoms with Crippen molar-refractivity contribution < 1.29 is 23.5 Å². The molecule has 1 heterocycles. The van der Waals surface area contributed by atoms with E-state index in [4.69, 9.17) is 9.15 Å². The summed E-state index contributed by atoms with van der Waals surface area (Å²) in [4.78, 5) is 35.0. The molecule has 0 unspecified atom stereocenters. The van der Waals surface area contributed by atoms with E-state index in [2.05, 4.69) is 10.1 Å². The highest BCUT2D eigenvalue weighted by Crippen LogP contribution is 2.08. The van der Waals surface area contributed by atoms with Crippen LogP contribution in [-0.4, -0.2) is 32.1 Å². The predicted molar refractivity (Wildman–Crippen MR) is 69.6 cm³/mol. The Bertz CT molecular complexity index is 548. The molecular formula is C13H17NO6. The largest absolute Gasteiger partial charge is 0.490 e. The van der Waals surface area contributed by atoms with Gasteiger partial charge in [0.2, 0.25) is 11.2 Å². The lowest BCUT2D eigenvalue weighted by molar-refractivity contribution is -0.144. The van der Waals surface area contributed by atoms with Gasteiger partial charge in [-0.15, -0.1) is 0 Å². The van der Waals surface area contributed by atoms with Crippen LogP contribution < -0.4 is 15.5 Å². The summed E-state index contributed by atoms with van der Waals surface area (Å²) in [5, 5.41) is 2.46. The van der Waals surface area contributed by atoms with Crippen molar-refractivity contribution in [3.8, 4) is 5.75 Å². The van der Waals surface area contributed by atoms with E-state index in [0.29, 0.717) is 0 Å². The van der Waals surface area contributed by atoms with Crippen LogP contribution in [0.15, 0.2) is 21.5 Å². The lowest BCUT2D eigenvalue weighted by Gasteiger charge is -2.19. The van der Waals surface area contributed by atoms with Gasteiger partial charge in [0.25, 0.3) is 5.91 Å². The molecule has 0 saturated carbocycles. The van der Waals surface area contributed by atoms with Crippen molar-refractivity contribution in [3.63, 3.8) is 0 Å². The number of ether oxygens (including phenoxy) is 2. The van der Waals surface area contributed by atoms with Crippen LogP contribution in [-0.2, 0) is 9.53 Å². The fraction of sp³-hybridized carbons (Fsp3) is 0.462. The highest BCUT2D eigenvalue weighted by Gasteiger charge is 2.26. The number of carbonyl (C=O) groups is 2.